The normalized spacial score (nSPS) is 16.9. The van der Waals surface area contributed by atoms with Gasteiger partial charge >= 0.3 is 0 Å². The highest BCUT2D eigenvalue weighted by atomic mass is 16.1. The molecule has 8 nitrogen and oxygen atoms in total. The number of nitrogens with zero attached hydrogens (tertiary/aromatic N) is 3. The van der Waals surface area contributed by atoms with E-state index < -0.39 is 0 Å². The van der Waals surface area contributed by atoms with Crippen molar-refractivity contribution in [2.75, 3.05) is 30.3 Å². The van der Waals surface area contributed by atoms with Crippen molar-refractivity contribution in [2.24, 2.45) is 0 Å². The van der Waals surface area contributed by atoms with E-state index in [4.69, 9.17) is 0 Å². The van der Waals surface area contributed by atoms with Crippen LogP contribution in [0.2, 0.25) is 0 Å². The Morgan fingerprint density at radius 1 is 0.800 bits per heavy atom. The molecule has 1 aliphatic heterocycles. The minimum Gasteiger partial charge on any atom is -0.369 e. The quantitative estimate of drug-likeness (QED) is 0.651. The van der Waals surface area contributed by atoms with Gasteiger partial charge in [0.2, 0.25) is 11.9 Å². The smallest absolute Gasteiger partial charge is 0.224 e. The summed E-state index contributed by atoms with van der Waals surface area (Å²) in [5.74, 6) is 1.47. The molecule has 8 heteroatoms. The Labute approximate surface area is 177 Å². The fourth-order valence-corrected chi connectivity index (χ4v) is 3.34. The van der Waals surface area contributed by atoms with Gasteiger partial charge in [-0.3, -0.25) is 14.6 Å². The first kappa shape index (κ1) is 21.7. The maximum Gasteiger partial charge on any atom is 0.224 e. The molecule has 1 amide bonds. The van der Waals surface area contributed by atoms with E-state index in [1.54, 1.807) is 24.5 Å². The SMILES string of the molecule is O=Cc1ccc(-c2cnc3nc2NCCCCCC(=O)NCCCCCCN3)nc1. The molecule has 3 N–H and O–H groups in total. The van der Waals surface area contributed by atoms with Gasteiger partial charge in [-0.25, -0.2) is 4.98 Å². The second-order valence-electron chi connectivity index (χ2n) is 7.48. The zero-order chi connectivity index (χ0) is 21.0. The van der Waals surface area contributed by atoms with Crippen molar-refractivity contribution in [1.29, 1.82) is 0 Å². The lowest BCUT2D eigenvalue weighted by Crippen LogP contribution is -2.24. The summed E-state index contributed by atoms with van der Waals surface area (Å²) >= 11 is 0. The van der Waals surface area contributed by atoms with Gasteiger partial charge in [-0.05, 0) is 37.8 Å². The third kappa shape index (κ3) is 6.79. The first-order valence-electron chi connectivity index (χ1n) is 10.8. The van der Waals surface area contributed by atoms with E-state index in [0.717, 1.165) is 82.2 Å². The molecular weight excluding hydrogens is 380 g/mol. The molecule has 0 radical (unpaired) electrons. The van der Waals surface area contributed by atoms with Crippen molar-refractivity contribution in [3.05, 3.63) is 30.1 Å². The molecule has 0 saturated heterocycles. The van der Waals surface area contributed by atoms with Crippen molar-refractivity contribution in [3.63, 3.8) is 0 Å². The zero-order valence-corrected chi connectivity index (χ0v) is 17.3. The molecule has 1 aliphatic rings. The number of hydrogen-bond donors (Lipinski definition) is 3. The number of carbonyl (C=O) groups excluding carboxylic acids is 2. The van der Waals surface area contributed by atoms with Gasteiger partial charge in [0.15, 0.2) is 6.29 Å². The zero-order valence-electron chi connectivity index (χ0n) is 17.3. The average molecular weight is 411 g/mol. The summed E-state index contributed by atoms with van der Waals surface area (Å²) in [6, 6.07) is 3.54. The Balaban J connectivity index is 1.71. The van der Waals surface area contributed by atoms with Crippen molar-refractivity contribution < 1.29 is 9.59 Å². The standard InChI is InChI=1S/C22H30N6O2/c29-16-17-9-10-19(26-14-17)18-15-27-22-25-13-6-2-1-5-11-23-20(30)8-4-3-7-12-24-21(18)28-22/h9-10,14-16H,1-8,11-13H2,(H,23,30)(H2,24,25,27,28). The van der Waals surface area contributed by atoms with Crippen LogP contribution in [0.1, 0.15) is 61.7 Å². The van der Waals surface area contributed by atoms with Crippen molar-refractivity contribution in [2.45, 2.75) is 51.4 Å². The molecule has 30 heavy (non-hydrogen) atoms. The third-order valence-corrected chi connectivity index (χ3v) is 5.07. The van der Waals surface area contributed by atoms with Gasteiger partial charge in [0.1, 0.15) is 5.82 Å². The number of pyridine rings is 1. The maximum absolute atomic E-state index is 11.9. The second kappa shape index (κ2) is 11.8. The van der Waals surface area contributed by atoms with Crippen LogP contribution in [0.5, 0.6) is 0 Å². The van der Waals surface area contributed by atoms with E-state index in [1.165, 1.54) is 0 Å². The summed E-state index contributed by atoms with van der Waals surface area (Å²) in [7, 11) is 0. The van der Waals surface area contributed by atoms with Crippen LogP contribution in [0.4, 0.5) is 11.8 Å². The Bertz CT molecular complexity index is 825. The molecule has 3 heterocycles. The van der Waals surface area contributed by atoms with E-state index in [9.17, 15) is 9.59 Å². The highest BCUT2D eigenvalue weighted by Crippen LogP contribution is 2.25. The summed E-state index contributed by atoms with van der Waals surface area (Å²) in [6.07, 6.45) is 11.7. The van der Waals surface area contributed by atoms with Crippen LogP contribution in [-0.4, -0.2) is 46.8 Å². The van der Waals surface area contributed by atoms with Gasteiger partial charge in [0.25, 0.3) is 0 Å². The number of aromatic nitrogens is 3. The Morgan fingerprint density at radius 2 is 1.53 bits per heavy atom. The van der Waals surface area contributed by atoms with E-state index in [2.05, 4.69) is 30.9 Å². The first-order chi connectivity index (χ1) is 14.8. The lowest BCUT2D eigenvalue weighted by molar-refractivity contribution is -0.121. The Morgan fingerprint density at radius 3 is 2.27 bits per heavy atom. The van der Waals surface area contributed by atoms with Crippen molar-refractivity contribution in [1.82, 2.24) is 20.3 Å². The number of anilines is 2. The highest BCUT2D eigenvalue weighted by Gasteiger charge is 2.11. The van der Waals surface area contributed by atoms with Crippen LogP contribution < -0.4 is 16.0 Å². The number of amides is 1. The van der Waals surface area contributed by atoms with Crippen LogP contribution in [-0.2, 0) is 4.79 Å². The molecule has 2 aromatic heterocycles. The largest absolute Gasteiger partial charge is 0.369 e. The monoisotopic (exact) mass is 410 g/mol. The van der Waals surface area contributed by atoms with E-state index in [1.807, 2.05) is 0 Å². The van der Waals surface area contributed by atoms with Crippen LogP contribution in [0.15, 0.2) is 24.5 Å². The Hall–Kier alpha value is -3.03. The molecule has 0 aliphatic carbocycles. The van der Waals surface area contributed by atoms with Crippen molar-refractivity contribution >= 4 is 24.0 Å². The van der Waals surface area contributed by atoms with Gasteiger partial charge in [-0.2, -0.15) is 4.98 Å². The van der Waals surface area contributed by atoms with Gasteiger partial charge in [-0.1, -0.05) is 19.3 Å². The molecule has 0 saturated carbocycles. The molecule has 0 spiro atoms. The topological polar surface area (TPSA) is 109 Å². The fraction of sp³-hybridized carbons (Fsp3) is 0.500. The van der Waals surface area contributed by atoms with Crippen molar-refractivity contribution in [3.8, 4) is 11.3 Å². The maximum atomic E-state index is 11.9. The van der Waals surface area contributed by atoms with Gasteiger partial charge in [-0.15, -0.1) is 0 Å². The molecule has 0 atom stereocenters. The Kier molecular flexibility index (Phi) is 8.56. The third-order valence-electron chi connectivity index (χ3n) is 5.07. The minimum absolute atomic E-state index is 0.151. The van der Waals surface area contributed by atoms with Gasteiger partial charge < -0.3 is 16.0 Å². The summed E-state index contributed by atoms with van der Waals surface area (Å²) in [5, 5.41) is 9.70. The number of fused-ring (bicyclic) bond motifs is 2. The predicted octanol–water partition coefficient (Wildman–Crippen LogP) is 3.43. The molecule has 2 bridgehead atoms. The van der Waals surface area contributed by atoms with Crippen LogP contribution in [0, 0.1) is 0 Å². The summed E-state index contributed by atoms with van der Waals surface area (Å²) in [4.78, 5) is 36.2. The first-order valence-corrected chi connectivity index (χ1v) is 10.8. The highest BCUT2D eigenvalue weighted by molar-refractivity contribution is 5.77. The molecule has 0 aromatic carbocycles. The lowest BCUT2D eigenvalue weighted by atomic mass is 10.1. The van der Waals surface area contributed by atoms with E-state index in [-0.39, 0.29) is 5.91 Å². The molecular formula is C22H30N6O2. The van der Waals surface area contributed by atoms with Crippen LogP contribution in [0.3, 0.4) is 0 Å². The van der Waals surface area contributed by atoms with Crippen LogP contribution in [0.25, 0.3) is 11.3 Å². The molecule has 3 rings (SSSR count). The fourth-order valence-electron chi connectivity index (χ4n) is 3.34. The second-order valence-corrected chi connectivity index (χ2v) is 7.48. The number of rotatable bonds is 2. The number of nitrogens with one attached hydrogen (secondary N) is 3. The summed E-state index contributed by atoms with van der Waals surface area (Å²) in [5.41, 5.74) is 2.05. The minimum atomic E-state index is 0.151. The van der Waals surface area contributed by atoms with Gasteiger partial charge in [0, 0.05) is 44.0 Å². The number of hydrogen-bond acceptors (Lipinski definition) is 7. The molecule has 0 unspecified atom stereocenters. The summed E-state index contributed by atoms with van der Waals surface area (Å²) in [6.45, 7) is 2.32. The summed E-state index contributed by atoms with van der Waals surface area (Å²) < 4.78 is 0. The number of carbonyl (C=O) groups is 2. The lowest BCUT2D eigenvalue weighted by Gasteiger charge is -2.13. The van der Waals surface area contributed by atoms with Crippen LogP contribution >= 0.6 is 0 Å². The number of aldehydes is 1. The molecule has 0 fully saturated rings. The average Bonchev–Trinajstić information content (AvgIpc) is 2.77. The van der Waals surface area contributed by atoms with E-state index >= 15 is 0 Å². The van der Waals surface area contributed by atoms with Gasteiger partial charge in [0.05, 0.1) is 11.3 Å². The molecule has 160 valence electrons. The molecule has 2 aromatic rings. The predicted molar refractivity (Wildman–Crippen MR) is 118 cm³/mol. The van der Waals surface area contributed by atoms with E-state index in [0.29, 0.717) is 23.6 Å².